The summed E-state index contributed by atoms with van der Waals surface area (Å²) in [5.41, 5.74) is 4.10. The Labute approximate surface area is 177 Å². The van der Waals surface area contributed by atoms with Gasteiger partial charge in [0.25, 0.3) is 0 Å². The molecule has 1 saturated heterocycles. The van der Waals surface area contributed by atoms with Gasteiger partial charge in [0.15, 0.2) is 0 Å². The molecule has 0 spiro atoms. The molecule has 1 aliphatic heterocycles. The Balaban J connectivity index is 1.68. The van der Waals surface area contributed by atoms with Gasteiger partial charge in [-0.05, 0) is 50.8 Å². The number of rotatable bonds is 6. The van der Waals surface area contributed by atoms with Gasteiger partial charge in [-0.3, -0.25) is 4.90 Å². The van der Waals surface area contributed by atoms with Gasteiger partial charge in [-0.25, -0.2) is 4.68 Å². The molecular weight excluding hydrogens is 384 g/mol. The van der Waals surface area contributed by atoms with E-state index in [1.165, 1.54) is 12.0 Å². The Morgan fingerprint density at radius 2 is 1.90 bits per heavy atom. The average molecular weight is 411 g/mol. The molecule has 2 heterocycles. The molecule has 1 atom stereocenters. The largest absolute Gasteiger partial charge is 0.497 e. The molecule has 3 aromatic rings. The van der Waals surface area contributed by atoms with E-state index in [0.29, 0.717) is 6.04 Å². The number of aromatic nitrogens is 2. The fraction of sp³-hybridized carbons (Fsp3) is 0.348. The first-order valence-corrected chi connectivity index (χ1v) is 10.3. The quantitative estimate of drug-likeness (QED) is 0.605. The van der Waals surface area contributed by atoms with Crippen molar-refractivity contribution in [3.05, 3.63) is 65.3 Å². The summed E-state index contributed by atoms with van der Waals surface area (Å²) >= 11 is 6.52. The van der Waals surface area contributed by atoms with E-state index in [-0.39, 0.29) is 0 Å². The van der Waals surface area contributed by atoms with Crippen LogP contribution >= 0.6 is 11.6 Å². The molecule has 2 aromatic carbocycles. The molecule has 152 valence electrons. The van der Waals surface area contributed by atoms with E-state index >= 15 is 0 Å². The van der Waals surface area contributed by atoms with Gasteiger partial charge >= 0.3 is 0 Å². The Kier molecular flexibility index (Phi) is 5.90. The van der Waals surface area contributed by atoms with Crippen LogP contribution in [0.15, 0.2) is 54.7 Å². The Bertz CT molecular complexity index is 967. The summed E-state index contributed by atoms with van der Waals surface area (Å²) in [6, 6.07) is 16.5. The van der Waals surface area contributed by atoms with E-state index in [1.54, 1.807) is 7.11 Å². The zero-order valence-electron chi connectivity index (χ0n) is 17.2. The van der Waals surface area contributed by atoms with Crippen LogP contribution in [0, 0.1) is 0 Å². The maximum Gasteiger partial charge on any atom is 0.119 e. The number of likely N-dealkylation sites (N-methyl/N-ethyl adjacent to an activating group) is 1. The van der Waals surface area contributed by atoms with Crippen molar-refractivity contribution in [2.45, 2.75) is 19.0 Å². The Hall–Kier alpha value is -2.34. The molecule has 6 heteroatoms. The highest BCUT2D eigenvalue weighted by atomic mass is 35.5. The number of nitrogens with zero attached hydrogens (tertiary/aromatic N) is 4. The SMILES string of the molecule is COc1ccc(-n2cc(CN3CCC(N(C)C)C3)c(-c3ccccc3Cl)n2)cc1. The minimum Gasteiger partial charge on any atom is -0.497 e. The number of hydrogen-bond donors (Lipinski definition) is 0. The molecule has 29 heavy (non-hydrogen) atoms. The summed E-state index contributed by atoms with van der Waals surface area (Å²) in [4.78, 5) is 4.82. The van der Waals surface area contributed by atoms with Crippen LogP contribution in [0.5, 0.6) is 5.75 Å². The van der Waals surface area contributed by atoms with E-state index in [0.717, 1.165) is 47.4 Å². The summed E-state index contributed by atoms with van der Waals surface area (Å²) in [5.74, 6) is 0.833. The van der Waals surface area contributed by atoms with Crippen LogP contribution in [0.1, 0.15) is 12.0 Å². The van der Waals surface area contributed by atoms with Crippen molar-refractivity contribution in [2.24, 2.45) is 0 Å². The number of benzene rings is 2. The van der Waals surface area contributed by atoms with Crippen molar-refractivity contribution in [3.63, 3.8) is 0 Å². The Morgan fingerprint density at radius 3 is 2.55 bits per heavy atom. The summed E-state index contributed by atoms with van der Waals surface area (Å²) in [5, 5.41) is 5.64. The molecule has 0 bridgehead atoms. The van der Waals surface area contributed by atoms with E-state index in [1.807, 2.05) is 53.2 Å². The molecule has 1 aromatic heterocycles. The minimum absolute atomic E-state index is 0.607. The summed E-state index contributed by atoms with van der Waals surface area (Å²) < 4.78 is 7.22. The lowest BCUT2D eigenvalue weighted by Gasteiger charge is -2.20. The van der Waals surface area contributed by atoms with Gasteiger partial charge in [0.05, 0.1) is 23.5 Å². The maximum absolute atomic E-state index is 6.52. The van der Waals surface area contributed by atoms with Gasteiger partial charge in [-0.15, -0.1) is 0 Å². The first kappa shape index (κ1) is 20.0. The smallest absolute Gasteiger partial charge is 0.119 e. The summed E-state index contributed by atoms with van der Waals surface area (Å²) in [7, 11) is 5.99. The van der Waals surface area contributed by atoms with Gasteiger partial charge in [0, 0.05) is 43.0 Å². The molecule has 0 aliphatic carbocycles. The second-order valence-electron chi connectivity index (χ2n) is 7.77. The molecule has 0 amide bonds. The zero-order valence-corrected chi connectivity index (χ0v) is 17.9. The molecule has 4 rings (SSSR count). The van der Waals surface area contributed by atoms with E-state index in [9.17, 15) is 0 Å². The molecule has 0 saturated carbocycles. The number of hydrogen-bond acceptors (Lipinski definition) is 4. The third-order valence-electron chi connectivity index (χ3n) is 5.63. The molecule has 0 radical (unpaired) electrons. The second-order valence-corrected chi connectivity index (χ2v) is 8.17. The molecule has 1 aliphatic rings. The summed E-state index contributed by atoms with van der Waals surface area (Å²) in [6.07, 6.45) is 3.32. The van der Waals surface area contributed by atoms with Crippen LogP contribution < -0.4 is 4.74 Å². The highest BCUT2D eigenvalue weighted by Gasteiger charge is 2.25. The lowest BCUT2D eigenvalue weighted by molar-refractivity contribution is 0.265. The summed E-state index contributed by atoms with van der Waals surface area (Å²) in [6.45, 7) is 3.03. The lowest BCUT2D eigenvalue weighted by Crippen LogP contribution is -2.31. The monoisotopic (exact) mass is 410 g/mol. The second kappa shape index (κ2) is 8.57. The maximum atomic E-state index is 6.52. The predicted molar refractivity (Wildman–Crippen MR) is 118 cm³/mol. The highest BCUT2D eigenvalue weighted by molar-refractivity contribution is 6.33. The van der Waals surface area contributed by atoms with Crippen molar-refractivity contribution in [1.82, 2.24) is 19.6 Å². The third-order valence-corrected chi connectivity index (χ3v) is 5.96. The Morgan fingerprint density at radius 1 is 1.14 bits per heavy atom. The van der Waals surface area contributed by atoms with Crippen LogP contribution in [0.2, 0.25) is 5.02 Å². The van der Waals surface area contributed by atoms with Crippen molar-refractivity contribution in [1.29, 1.82) is 0 Å². The molecule has 0 N–H and O–H groups in total. The number of methoxy groups -OCH3 is 1. The van der Waals surface area contributed by atoms with E-state index < -0.39 is 0 Å². The van der Waals surface area contributed by atoms with Crippen molar-refractivity contribution in [2.75, 3.05) is 34.3 Å². The molecule has 1 fully saturated rings. The van der Waals surface area contributed by atoms with E-state index in [2.05, 4.69) is 30.1 Å². The minimum atomic E-state index is 0.607. The fourth-order valence-electron chi connectivity index (χ4n) is 3.89. The molecule has 1 unspecified atom stereocenters. The van der Waals surface area contributed by atoms with Gasteiger partial charge < -0.3 is 9.64 Å². The van der Waals surface area contributed by atoms with Gasteiger partial charge in [-0.2, -0.15) is 5.10 Å². The first-order valence-electron chi connectivity index (χ1n) is 9.92. The van der Waals surface area contributed by atoms with Crippen LogP contribution in [-0.2, 0) is 6.54 Å². The molecule has 5 nitrogen and oxygen atoms in total. The number of halogens is 1. The van der Waals surface area contributed by atoms with E-state index in [4.69, 9.17) is 21.4 Å². The molecular formula is C23H27ClN4O. The van der Waals surface area contributed by atoms with Gasteiger partial charge in [0.1, 0.15) is 5.75 Å². The lowest BCUT2D eigenvalue weighted by atomic mass is 10.1. The average Bonchev–Trinajstić information content (AvgIpc) is 3.36. The topological polar surface area (TPSA) is 33.5 Å². The fourth-order valence-corrected chi connectivity index (χ4v) is 4.12. The zero-order chi connectivity index (χ0) is 20.4. The number of likely N-dealkylation sites (tertiary alicyclic amines) is 1. The van der Waals surface area contributed by atoms with Crippen LogP contribution in [0.4, 0.5) is 0 Å². The normalized spacial score (nSPS) is 17.2. The van der Waals surface area contributed by atoms with Crippen molar-refractivity contribution < 1.29 is 4.74 Å². The predicted octanol–water partition coefficient (Wildman–Crippen LogP) is 4.34. The van der Waals surface area contributed by atoms with Crippen LogP contribution in [0.25, 0.3) is 16.9 Å². The third kappa shape index (κ3) is 4.32. The van der Waals surface area contributed by atoms with Crippen molar-refractivity contribution >= 4 is 11.6 Å². The van der Waals surface area contributed by atoms with Crippen LogP contribution in [0.3, 0.4) is 0 Å². The number of ether oxygens (including phenoxy) is 1. The van der Waals surface area contributed by atoms with Crippen LogP contribution in [-0.4, -0.2) is 59.9 Å². The van der Waals surface area contributed by atoms with Gasteiger partial charge in [0.2, 0.25) is 0 Å². The standard InChI is InChI=1S/C23H27ClN4O/c1-26(2)19-12-13-27(16-19)14-17-15-28(18-8-10-20(29-3)11-9-18)25-23(17)21-6-4-5-7-22(21)24/h4-11,15,19H,12-14,16H2,1-3H3. The highest BCUT2D eigenvalue weighted by Crippen LogP contribution is 2.31. The first-order chi connectivity index (χ1) is 14.0. The van der Waals surface area contributed by atoms with Crippen molar-refractivity contribution in [3.8, 4) is 22.7 Å². The van der Waals surface area contributed by atoms with Gasteiger partial charge in [-0.1, -0.05) is 29.8 Å².